The molecule has 0 saturated heterocycles. The molecule has 0 spiro atoms. The topological polar surface area (TPSA) is 69.0 Å². The fourth-order valence-corrected chi connectivity index (χ4v) is 2.90. The summed E-state index contributed by atoms with van der Waals surface area (Å²) in [5.74, 6) is -0.377. The minimum atomic E-state index is -0.510. The van der Waals surface area contributed by atoms with Crippen LogP contribution in [0.4, 0.5) is 10.2 Å². The molecule has 1 fully saturated rings. The van der Waals surface area contributed by atoms with E-state index in [1.54, 1.807) is 16.9 Å². The summed E-state index contributed by atoms with van der Waals surface area (Å²) in [7, 11) is 0. The number of hydrogen-bond acceptors (Lipinski definition) is 5. The predicted molar refractivity (Wildman–Crippen MR) is 103 cm³/mol. The van der Waals surface area contributed by atoms with Crippen molar-refractivity contribution >= 4 is 11.8 Å². The third-order valence-corrected chi connectivity index (χ3v) is 4.58. The standard InChI is InChI=1S/C21H21FN4O2/c1-2-26-12-16(11-23-26)21(27)28-13-14-4-3-5-15(10-14)18-8-9-19(22)25-20(18)24-17-6-7-17/h3-5,8-12,17H,2,6-7,13H2,1H3,(H,24,25). The molecular weight excluding hydrogens is 359 g/mol. The third-order valence-electron chi connectivity index (χ3n) is 4.58. The number of aryl methyl sites for hydroxylation is 1. The van der Waals surface area contributed by atoms with Crippen molar-refractivity contribution in [2.45, 2.75) is 39.0 Å². The lowest BCUT2D eigenvalue weighted by Crippen LogP contribution is -2.06. The Morgan fingerprint density at radius 2 is 2.18 bits per heavy atom. The maximum absolute atomic E-state index is 13.6. The van der Waals surface area contributed by atoms with Gasteiger partial charge in [0.05, 0.1) is 11.8 Å². The van der Waals surface area contributed by atoms with E-state index in [9.17, 15) is 9.18 Å². The highest BCUT2D eigenvalue weighted by molar-refractivity contribution is 5.88. The van der Waals surface area contributed by atoms with Gasteiger partial charge in [-0.05, 0) is 49.1 Å². The van der Waals surface area contributed by atoms with Crippen LogP contribution in [0.1, 0.15) is 35.7 Å². The van der Waals surface area contributed by atoms with E-state index < -0.39 is 11.9 Å². The molecule has 0 atom stereocenters. The molecule has 1 saturated carbocycles. The van der Waals surface area contributed by atoms with Crippen molar-refractivity contribution < 1.29 is 13.9 Å². The minimum absolute atomic E-state index is 0.143. The number of esters is 1. The van der Waals surface area contributed by atoms with Crippen molar-refractivity contribution in [1.29, 1.82) is 0 Å². The molecule has 0 bridgehead atoms. The Hall–Kier alpha value is -3.22. The van der Waals surface area contributed by atoms with Gasteiger partial charge in [-0.15, -0.1) is 0 Å². The number of benzene rings is 1. The number of ether oxygens (including phenoxy) is 1. The first-order valence-corrected chi connectivity index (χ1v) is 9.34. The molecule has 1 N–H and O–H groups in total. The van der Waals surface area contributed by atoms with Crippen molar-refractivity contribution in [3.63, 3.8) is 0 Å². The average molecular weight is 380 g/mol. The van der Waals surface area contributed by atoms with Gasteiger partial charge in [-0.25, -0.2) is 9.78 Å². The van der Waals surface area contributed by atoms with Crippen LogP contribution in [0.3, 0.4) is 0 Å². The van der Waals surface area contributed by atoms with E-state index in [-0.39, 0.29) is 6.61 Å². The van der Waals surface area contributed by atoms with Crippen molar-refractivity contribution in [2.75, 3.05) is 5.32 Å². The number of nitrogens with one attached hydrogen (secondary N) is 1. The molecule has 1 aliphatic carbocycles. The van der Waals surface area contributed by atoms with Gasteiger partial charge in [0.1, 0.15) is 12.4 Å². The number of pyridine rings is 1. The van der Waals surface area contributed by atoms with Crippen LogP contribution in [-0.2, 0) is 17.9 Å². The van der Waals surface area contributed by atoms with Gasteiger partial charge in [0.2, 0.25) is 5.95 Å². The smallest absolute Gasteiger partial charge is 0.341 e. The zero-order chi connectivity index (χ0) is 19.5. The fourth-order valence-electron chi connectivity index (χ4n) is 2.90. The summed E-state index contributed by atoms with van der Waals surface area (Å²) in [4.78, 5) is 16.2. The van der Waals surface area contributed by atoms with Crippen molar-refractivity contribution in [3.05, 3.63) is 65.9 Å². The molecular formula is C21H21FN4O2. The number of rotatable bonds is 7. The second-order valence-corrected chi connectivity index (χ2v) is 6.81. The molecule has 28 heavy (non-hydrogen) atoms. The Morgan fingerprint density at radius 1 is 1.32 bits per heavy atom. The van der Waals surface area contributed by atoms with Crippen LogP contribution in [0, 0.1) is 5.95 Å². The maximum Gasteiger partial charge on any atom is 0.341 e. The van der Waals surface area contributed by atoms with Crippen molar-refractivity contribution in [1.82, 2.24) is 14.8 Å². The van der Waals surface area contributed by atoms with Crippen LogP contribution in [0.15, 0.2) is 48.8 Å². The molecule has 1 aromatic carbocycles. The number of hydrogen-bond donors (Lipinski definition) is 1. The van der Waals surface area contributed by atoms with Gasteiger partial charge in [0, 0.05) is 24.3 Å². The highest BCUT2D eigenvalue weighted by atomic mass is 19.1. The Balaban J connectivity index is 1.49. The molecule has 7 heteroatoms. The monoisotopic (exact) mass is 380 g/mol. The number of carbonyl (C=O) groups is 1. The van der Waals surface area contributed by atoms with Gasteiger partial charge in [0.15, 0.2) is 0 Å². The lowest BCUT2D eigenvalue weighted by Gasteiger charge is -2.12. The first-order chi connectivity index (χ1) is 13.6. The Labute approximate surface area is 162 Å². The molecule has 0 aliphatic heterocycles. The Morgan fingerprint density at radius 3 is 2.93 bits per heavy atom. The number of aromatic nitrogens is 3. The van der Waals surface area contributed by atoms with E-state index in [1.165, 1.54) is 12.3 Å². The zero-order valence-electron chi connectivity index (χ0n) is 15.6. The fraction of sp³-hybridized carbons (Fsp3) is 0.286. The summed E-state index contributed by atoms with van der Waals surface area (Å²) in [5.41, 5.74) is 2.99. The summed E-state index contributed by atoms with van der Waals surface area (Å²) in [6, 6.07) is 11.1. The van der Waals surface area contributed by atoms with E-state index >= 15 is 0 Å². The summed E-state index contributed by atoms with van der Waals surface area (Å²) in [6.45, 7) is 2.78. The Bertz CT molecular complexity index is 998. The van der Waals surface area contributed by atoms with E-state index in [4.69, 9.17) is 4.74 Å². The van der Waals surface area contributed by atoms with Gasteiger partial charge in [-0.1, -0.05) is 18.2 Å². The second kappa shape index (κ2) is 7.80. The van der Waals surface area contributed by atoms with Crippen LogP contribution in [0.5, 0.6) is 0 Å². The van der Waals surface area contributed by atoms with E-state index in [1.807, 2.05) is 31.2 Å². The van der Waals surface area contributed by atoms with Gasteiger partial charge < -0.3 is 10.1 Å². The third kappa shape index (κ3) is 4.19. The van der Waals surface area contributed by atoms with Gasteiger partial charge >= 0.3 is 5.97 Å². The van der Waals surface area contributed by atoms with Crippen LogP contribution in [0.25, 0.3) is 11.1 Å². The van der Waals surface area contributed by atoms with E-state index in [2.05, 4.69) is 15.4 Å². The highest BCUT2D eigenvalue weighted by Crippen LogP contribution is 2.31. The summed E-state index contributed by atoms with van der Waals surface area (Å²) < 4.78 is 20.7. The molecule has 1 aliphatic rings. The SMILES string of the molecule is CCn1cc(C(=O)OCc2cccc(-c3ccc(F)nc3NC3CC3)c2)cn1. The number of halogens is 1. The molecule has 0 radical (unpaired) electrons. The summed E-state index contributed by atoms with van der Waals surface area (Å²) >= 11 is 0. The zero-order valence-corrected chi connectivity index (χ0v) is 15.6. The van der Waals surface area contributed by atoms with E-state index in [0.717, 1.165) is 29.5 Å². The molecule has 144 valence electrons. The van der Waals surface area contributed by atoms with Crippen LogP contribution >= 0.6 is 0 Å². The van der Waals surface area contributed by atoms with Gasteiger partial charge in [-0.3, -0.25) is 4.68 Å². The first-order valence-electron chi connectivity index (χ1n) is 9.34. The predicted octanol–water partition coefficient (Wildman–Crippen LogP) is 4.04. The maximum atomic E-state index is 13.6. The average Bonchev–Trinajstić information content (AvgIpc) is 3.38. The largest absolute Gasteiger partial charge is 0.457 e. The number of anilines is 1. The number of nitrogens with zero attached hydrogens (tertiary/aromatic N) is 3. The van der Waals surface area contributed by atoms with Crippen LogP contribution in [-0.4, -0.2) is 26.8 Å². The molecule has 2 aromatic heterocycles. The van der Waals surface area contributed by atoms with Crippen molar-refractivity contribution in [2.24, 2.45) is 0 Å². The van der Waals surface area contributed by atoms with Gasteiger partial charge in [-0.2, -0.15) is 9.49 Å². The quantitative estimate of drug-likeness (QED) is 0.495. The summed E-state index contributed by atoms with van der Waals surface area (Å²) in [6.07, 6.45) is 5.31. The minimum Gasteiger partial charge on any atom is -0.457 e. The van der Waals surface area contributed by atoms with Gasteiger partial charge in [0.25, 0.3) is 0 Å². The van der Waals surface area contributed by atoms with Crippen molar-refractivity contribution in [3.8, 4) is 11.1 Å². The Kier molecular flexibility index (Phi) is 5.06. The molecule has 0 amide bonds. The van der Waals surface area contributed by atoms with E-state index in [0.29, 0.717) is 24.0 Å². The lowest BCUT2D eigenvalue weighted by molar-refractivity contribution is 0.0472. The van der Waals surface area contributed by atoms with Crippen LogP contribution in [0.2, 0.25) is 0 Å². The highest BCUT2D eigenvalue weighted by Gasteiger charge is 2.23. The lowest BCUT2D eigenvalue weighted by atomic mass is 10.0. The first kappa shape index (κ1) is 18.2. The molecule has 4 rings (SSSR count). The molecule has 6 nitrogen and oxygen atoms in total. The molecule has 2 heterocycles. The summed E-state index contributed by atoms with van der Waals surface area (Å²) in [5, 5.41) is 7.36. The number of carbonyl (C=O) groups excluding carboxylic acids is 1. The van der Waals surface area contributed by atoms with Crippen LogP contribution < -0.4 is 5.32 Å². The normalized spacial score (nSPS) is 13.4. The molecule has 0 unspecified atom stereocenters. The molecule has 3 aromatic rings. The second-order valence-electron chi connectivity index (χ2n) is 6.81.